The lowest BCUT2D eigenvalue weighted by Crippen LogP contribution is -2.36. The number of fused-ring (bicyclic) bond motifs is 1. The molecule has 1 unspecified atom stereocenters. The molecule has 140 valence electrons. The Balaban J connectivity index is 1.81. The van der Waals surface area contributed by atoms with Gasteiger partial charge in [-0.1, -0.05) is 11.6 Å². The van der Waals surface area contributed by atoms with Crippen molar-refractivity contribution in [2.75, 3.05) is 24.6 Å². The largest absolute Gasteiger partial charge is 0.462 e. The number of esters is 1. The second-order valence-corrected chi connectivity index (χ2v) is 7.02. The number of carbonyl (C=O) groups excluding carboxylic acids is 1. The molecule has 27 heavy (non-hydrogen) atoms. The Hall–Kier alpha value is -2.89. The van der Waals surface area contributed by atoms with E-state index in [1.54, 1.807) is 12.4 Å². The van der Waals surface area contributed by atoms with Crippen LogP contribution in [0.5, 0.6) is 0 Å². The number of carbonyl (C=O) groups is 1. The van der Waals surface area contributed by atoms with Gasteiger partial charge < -0.3 is 14.6 Å². The number of aromatic amines is 1. The third-order valence-electron chi connectivity index (χ3n) is 5.13. The Bertz CT molecular complexity index is 952. The first-order valence-electron chi connectivity index (χ1n) is 9.48. The second-order valence-electron chi connectivity index (χ2n) is 7.02. The van der Waals surface area contributed by atoms with Crippen molar-refractivity contribution in [3.63, 3.8) is 0 Å². The number of hydrogen-bond acceptors (Lipinski definition) is 5. The van der Waals surface area contributed by atoms with Gasteiger partial charge in [0, 0.05) is 43.0 Å². The molecule has 1 saturated heterocycles. The van der Waals surface area contributed by atoms with Crippen LogP contribution in [0.1, 0.15) is 47.4 Å². The molecule has 3 aromatic rings. The van der Waals surface area contributed by atoms with Crippen molar-refractivity contribution >= 4 is 22.6 Å². The average Bonchev–Trinajstić information content (AvgIpc) is 3.22. The molecule has 3 heterocycles. The summed E-state index contributed by atoms with van der Waals surface area (Å²) in [7, 11) is 0. The van der Waals surface area contributed by atoms with Crippen LogP contribution in [0.4, 0.5) is 5.69 Å². The maximum atomic E-state index is 12.6. The van der Waals surface area contributed by atoms with Crippen molar-refractivity contribution in [2.24, 2.45) is 0 Å². The van der Waals surface area contributed by atoms with Crippen LogP contribution in [0.15, 0.2) is 36.8 Å². The summed E-state index contributed by atoms with van der Waals surface area (Å²) in [5, 5.41) is 1.00. The van der Waals surface area contributed by atoms with Crippen molar-refractivity contribution in [1.82, 2.24) is 15.0 Å². The van der Waals surface area contributed by atoms with E-state index in [1.165, 1.54) is 0 Å². The van der Waals surface area contributed by atoms with E-state index in [2.05, 4.69) is 32.8 Å². The first-order valence-corrected chi connectivity index (χ1v) is 9.48. The van der Waals surface area contributed by atoms with Gasteiger partial charge in [-0.15, -0.1) is 0 Å². The molecular weight excluding hydrogens is 340 g/mol. The molecular formula is C21H24N4O2. The average molecular weight is 364 g/mol. The molecule has 2 aromatic heterocycles. The lowest BCUT2D eigenvalue weighted by molar-refractivity contribution is 0.0526. The summed E-state index contributed by atoms with van der Waals surface area (Å²) in [6.07, 6.45) is 7.44. The maximum Gasteiger partial charge on any atom is 0.341 e. The van der Waals surface area contributed by atoms with Crippen molar-refractivity contribution in [1.29, 1.82) is 0 Å². The van der Waals surface area contributed by atoms with Crippen LogP contribution < -0.4 is 4.90 Å². The fraction of sp³-hybridized carbons (Fsp3) is 0.381. The Morgan fingerprint density at radius 2 is 2.26 bits per heavy atom. The fourth-order valence-electron chi connectivity index (χ4n) is 3.90. The van der Waals surface area contributed by atoms with E-state index < -0.39 is 0 Å². The summed E-state index contributed by atoms with van der Waals surface area (Å²) in [5.74, 6) is 1.01. The van der Waals surface area contributed by atoms with E-state index in [-0.39, 0.29) is 5.97 Å². The molecule has 0 radical (unpaired) electrons. The van der Waals surface area contributed by atoms with Crippen LogP contribution in [0, 0.1) is 6.92 Å². The summed E-state index contributed by atoms with van der Waals surface area (Å²) in [6.45, 7) is 5.94. The van der Waals surface area contributed by atoms with E-state index in [0.717, 1.165) is 53.9 Å². The number of benzene rings is 1. The van der Waals surface area contributed by atoms with Crippen LogP contribution in [-0.4, -0.2) is 40.6 Å². The van der Waals surface area contributed by atoms with Gasteiger partial charge in [-0.3, -0.25) is 4.98 Å². The highest BCUT2D eigenvalue weighted by Gasteiger charge is 2.28. The number of hydrogen-bond donors (Lipinski definition) is 1. The summed E-state index contributed by atoms with van der Waals surface area (Å²) < 4.78 is 5.31. The third kappa shape index (κ3) is 3.39. The normalized spacial score (nSPS) is 17.3. The lowest BCUT2D eigenvalue weighted by atomic mass is 9.95. The number of ether oxygens (including phenoxy) is 1. The van der Waals surface area contributed by atoms with Gasteiger partial charge in [0.15, 0.2) is 0 Å². The third-order valence-corrected chi connectivity index (χ3v) is 5.13. The SMILES string of the molecule is CCOC(=O)c1cnc2ccc(C)cc2c1N1CCCC(c2ncc[nH]2)C1. The summed E-state index contributed by atoms with van der Waals surface area (Å²) >= 11 is 0. The van der Waals surface area contributed by atoms with E-state index in [0.29, 0.717) is 18.1 Å². The molecule has 0 aliphatic carbocycles. The summed E-state index contributed by atoms with van der Waals surface area (Å²) in [5.41, 5.74) is 3.50. The molecule has 0 spiro atoms. The Kier molecular flexibility index (Phi) is 4.79. The number of imidazole rings is 1. The minimum Gasteiger partial charge on any atom is -0.462 e. The number of anilines is 1. The first-order chi connectivity index (χ1) is 13.2. The predicted molar refractivity (Wildman–Crippen MR) is 105 cm³/mol. The zero-order chi connectivity index (χ0) is 18.8. The number of H-pyrrole nitrogens is 1. The standard InChI is InChI=1S/C21H24N4O2/c1-3-27-21(26)17-12-24-18-7-6-14(2)11-16(18)19(17)25-10-4-5-15(13-25)20-22-8-9-23-20/h6-9,11-12,15H,3-5,10,13H2,1-2H3,(H,22,23). The zero-order valence-electron chi connectivity index (χ0n) is 15.7. The van der Waals surface area contributed by atoms with Gasteiger partial charge in [-0.25, -0.2) is 9.78 Å². The molecule has 0 saturated carbocycles. The molecule has 6 nitrogen and oxygen atoms in total. The molecule has 1 aromatic carbocycles. The molecule has 1 atom stereocenters. The maximum absolute atomic E-state index is 12.6. The number of rotatable bonds is 4. The topological polar surface area (TPSA) is 71.1 Å². The van der Waals surface area contributed by atoms with Crippen LogP contribution in [-0.2, 0) is 4.74 Å². The highest BCUT2D eigenvalue weighted by Crippen LogP contribution is 2.35. The predicted octanol–water partition coefficient (Wildman–Crippen LogP) is 3.83. The van der Waals surface area contributed by atoms with Crippen molar-refractivity contribution in [2.45, 2.75) is 32.6 Å². The second kappa shape index (κ2) is 7.39. The first kappa shape index (κ1) is 17.5. The highest BCUT2D eigenvalue weighted by molar-refractivity contribution is 6.05. The van der Waals surface area contributed by atoms with Gasteiger partial charge in [0.1, 0.15) is 11.4 Å². The van der Waals surface area contributed by atoms with Crippen molar-refractivity contribution in [3.8, 4) is 0 Å². The van der Waals surface area contributed by atoms with Crippen molar-refractivity contribution in [3.05, 3.63) is 53.7 Å². The number of aryl methyl sites for hydroxylation is 1. The number of pyridine rings is 1. The molecule has 0 bridgehead atoms. The molecule has 1 N–H and O–H groups in total. The van der Waals surface area contributed by atoms with E-state index >= 15 is 0 Å². The monoisotopic (exact) mass is 364 g/mol. The van der Waals surface area contributed by atoms with Crippen LogP contribution in [0.2, 0.25) is 0 Å². The number of aromatic nitrogens is 3. The Labute approximate surface area is 158 Å². The summed E-state index contributed by atoms with van der Waals surface area (Å²) in [4.78, 5) is 27.1. The smallest absolute Gasteiger partial charge is 0.341 e. The number of piperidine rings is 1. The van der Waals surface area contributed by atoms with Gasteiger partial charge in [-0.05, 0) is 38.8 Å². The molecule has 1 aliphatic rings. The van der Waals surface area contributed by atoms with E-state index in [4.69, 9.17) is 4.74 Å². The van der Waals surface area contributed by atoms with Crippen LogP contribution in [0.25, 0.3) is 10.9 Å². The van der Waals surface area contributed by atoms with Crippen molar-refractivity contribution < 1.29 is 9.53 Å². The Morgan fingerprint density at radius 1 is 1.37 bits per heavy atom. The quantitative estimate of drug-likeness (QED) is 0.713. The van der Waals surface area contributed by atoms with E-state index in [9.17, 15) is 4.79 Å². The Morgan fingerprint density at radius 3 is 3.04 bits per heavy atom. The fourth-order valence-corrected chi connectivity index (χ4v) is 3.90. The highest BCUT2D eigenvalue weighted by atomic mass is 16.5. The van der Waals surface area contributed by atoms with Gasteiger partial charge >= 0.3 is 5.97 Å². The summed E-state index contributed by atoms with van der Waals surface area (Å²) in [6, 6.07) is 6.17. The molecule has 6 heteroatoms. The van der Waals surface area contributed by atoms with Gasteiger partial charge in [0.05, 0.1) is 17.8 Å². The molecule has 0 amide bonds. The van der Waals surface area contributed by atoms with Crippen LogP contribution >= 0.6 is 0 Å². The van der Waals surface area contributed by atoms with Gasteiger partial charge in [0.25, 0.3) is 0 Å². The number of nitrogens with zero attached hydrogens (tertiary/aromatic N) is 3. The minimum atomic E-state index is -0.316. The zero-order valence-corrected chi connectivity index (χ0v) is 15.7. The van der Waals surface area contributed by atoms with Gasteiger partial charge in [0.2, 0.25) is 0 Å². The molecule has 4 rings (SSSR count). The van der Waals surface area contributed by atoms with Crippen LogP contribution in [0.3, 0.4) is 0 Å². The molecule has 1 fully saturated rings. The molecule has 1 aliphatic heterocycles. The lowest BCUT2D eigenvalue weighted by Gasteiger charge is -2.35. The van der Waals surface area contributed by atoms with Gasteiger partial charge in [-0.2, -0.15) is 0 Å². The van der Waals surface area contributed by atoms with E-state index in [1.807, 2.05) is 25.3 Å². The minimum absolute atomic E-state index is 0.316. The number of nitrogens with one attached hydrogen (secondary N) is 1.